The Morgan fingerprint density at radius 2 is 0.574 bits per heavy atom. The van der Waals surface area contributed by atoms with Gasteiger partial charge in [0.15, 0.2) is 34.9 Å². The fraction of sp³-hybridized carbons (Fsp3) is 0.0182. The van der Waals surface area contributed by atoms with Gasteiger partial charge in [-0.1, -0.05) is 218 Å². The van der Waals surface area contributed by atoms with E-state index in [4.69, 9.17) is 29.9 Å². The molecule has 0 spiro atoms. The van der Waals surface area contributed by atoms with E-state index in [0.717, 1.165) is 61.2 Å². The first-order chi connectivity index (χ1) is 30.3. The Hall–Kier alpha value is -8.22. The Morgan fingerprint density at radius 3 is 1.00 bits per heavy atom. The lowest BCUT2D eigenvalue weighted by Gasteiger charge is -2.34. The minimum Gasteiger partial charge on any atom is -0.208 e. The molecule has 0 unspecified atom stereocenters. The Kier molecular flexibility index (Phi) is 8.94. The summed E-state index contributed by atoms with van der Waals surface area (Å²) in [4.78, 5) is 31.5. The van der Waals surface area contributed by atoms with E-state index in [1.54, 1.807) is 0 Å². The van der Waals surface area contributed by atoms with Crippen molar-refractivity contribution in [2.45, 2.75) is 5.41 Å². The highest BCUT2D eigenvalue weighted by molar-refractivity contribution is 6.00. The van der Waals surface area contributed by atoms with Crippen molar-refractivity contribution in [2.24, 2.45) is 0 Å². The van der Waals surface area contributed by atoms with E-state index in [9.17, 15) is 0 Å². The molecule has 10 aromatic rings. The molecule has 2 aromatic heterocycles. The zero-order valence-corrected chi connectivity index (χ0v) is 33.0. The number of benzene rings is 8. The molecule has 61 heavy (non-hydrogen) atoms. The van der Waals surface area contributed by atoms with Crippen LogP contribution in [0.25, 0.3) is 79.5 Å². The highest BCUT2D eigenvalue weighted by atomic mass is 15.1. The van der Waals surface area contributed by atoms with Gasteiger partial charge in [-0.15, -0.1) is 0 Å². The molecular formula is C55H36N6. The van der Waals surface area contributed by atoms with E-state index in [0.29, 0.717) is 34.9 Å². The maximum Gasteiger partial charge on any atom is 0.165 e. The second-order valence-corrected chi connectivity index (χ2v) is 15.0. The van der Waals surface area contributed by atoms with Crippen molar-refractivity contribution in [3.05, 3.63) is 241 Å². The Bertz CT molecular complexity index is 3010. The van der Waals surface area contributed by atoms with Crippen LogP contribution < -0.4 is 0 Å². The largest absolute Gasteiger partial charge is 0.208 e. The third-order valence-electron chi connectivity index (χ3n) is 11.5. The molecule has 0 aliphatic heterocycles. The van der Waals surface area contributed by atoms with Crippen LogP contribution in [0.1, 0.15) is 22.3 Å². The molecule has 0 N–H and O–H groups in total. The molecule has 0 amide bonds. The number of aromatic nitrogens is 6. The van der Waals surface area contributed by atoms with E-state index < -0.39 is 5.41 Å². The zero-order valence-electron chi connectivity index (χ0n) is 33.0. The minimum atomic E-state index is -0.664. The van der Waals surface area contributed by atoms with Crippen LogP contribution >= 0.6 is 0 Å². The highest BCUT2D eigenvalue weighted by Gasteiger charge is 2.47. The van der Waals surface area contributed by atoms with Crippen LogP contribution in [0, 0.1) is 0 Å². The van der Waals surface area contributed by atoms with Crippen LogP contribution in [0.3, 0.4) is 0 Å². The van der Waals surface area contributed by atoms with Crippen molar-refractivity contribution >= 4 is 0 Å². The predicted molar refractivity (Wildman–Crippen MR) is 243 cm³/mol. The number of fused-ring (bicyclic) bond motifs is 3. The molecular weight excluding hydrogens is 745 g/mol. The number of rotatable bonds is 8. The summed E-state index contributed by atoms with van der Waals surface area (Å²) in [6, 6.07) is 75.2. The van der Waals surface area contributed by atoms with E-state index in [2.05, 4.69) is 97.1 Å². The smallest absolute Gasteiger partial charge is 0.165 e. The predicted octanol–water partition coefficient (Wildman–Crippen LogP) is 12.4. The summed E-state index contributed by atoms with van der Waals surface area (Å²) < 4.78 is 0. The molecule has 6 heteroatoms. The van der Waals surface area contributed by atoms with Gasteiger partial charge in [0.25, 0.3) is 0 Å². The lowest BCUT2D eigenvalue weighted by molar-refractivity contribution is 0.768. The molecule has 1 aliphatic carbocycles. The molecule has 0 saturated heterocycles. The molecule has 2 heterocycles. The molecule has 0 saturated carbocycles. The minimum absolute atomic E-state index is 0.517. The lowest BCUT2D eigenvalue weighted by atomic mass is 9.67. The molecule has 8 aromatic carbocycles. The van der Waals surface area contributed by atoms with Gasteiger partial charge in [-0.05, 0) is 33.4 Å². The van der Waals surface area contributed by atoms with E-state index in [-0.39, 0.29) is 0 Å². The summed E-state index contributed by atoms with van der Waals surface area (Å²) in [5, 5.41) is 0. The SMILES string of the molecule is c1ccc(-c2nc(-c3ccccc3)nc(-c3ccc4c(c3-c3nc(-c5ccccc5)nc(-c5ccccc5)n3)-c3ccccc3C4(c3ccccc3)c3ccccc3)n2)cc1. The molecule has 1 aliphatic rings. The second-order valence-electron chi connectivity index (χ2n) is 15.0. The molecule has 6 nitrogen and oxygen atoms in total. The zero-order chi connectivity index (χ0) is 40.6. The normalized spacial score (nSPS) is 12.4. The first-order valence-corrected chi connectivity index (χ1v) is 20.4. The number of nitrogens with zero attached hydrogens (tertiary/aromatic N) is 6. The topological polar surface area (TPSA) is 77.3 Å². The average molecular weight is 781 g/mol. The van der Waals surface area contributed by atoms with Crippen molar-refractivity contribution in [1.29, 1.82) is 0 Å². The molecule has 0 fully saturated rings. The maximum atomic E-state index is 5.40. The van der Waals surface area contributed by atoms with Gasteiger partial charge in [-0.25, -0.2) is 29.9 Å². The first kappa shape index (κ1) is 35.9. The van der Waals surface area contributed by atoms with Crippen LogP contribution in [0.15, 0.2) is 218 Å². The third-order valence-corrected chi connectivity index (χ3v) is 11.5. The van der Waals surface area contributed by atoms with Crippen LogP contribution in [0.4, 0.5) is 0 Å². The van der Waals surface area contributed by atoms with Gasteiger partial charge in [-0.2, -0.15) is 0 Å². The first-order valence-electron chi connectivity index (χ1n) is 20.4. The van der Waals surface area contributed by atoms with Crippen LogP contribution in [0.5, 0.6) is 0 Å². The third kappa shape index (κ3) is 6.21. The van der Waals surface area contributed by atoms with Gasteiger partial charge >= 0.3 is 0 Å². The summed E-state index contributed by atoms with van der Waals surface area (Å²) in [5.41, 5.74) is 11.2. The Balaban J connectivity index is 1.29. The van der Waals surface area contributed by atoms with Gasteiger partial charge in [0.1, 0.15) is 0 Å². The van der Waals surface area contributed by atoms with Gasteiger partial charge in [0.2, 0.25) is 0 Å². The summed E-state index contributed by atoms with van der Waals surface area (Å²) in [6.45, 7) is 0. The molecule has 0 bridgehead atoms. The van der Waals surface area contributed by atoms with Gasteiger partial charge in [-0.3, -0.25) is 0 Å². The van der Waals surface area contributed by atoms with Gasteiger partial charge < -0.3 is 0 Å². The van der Waals surface area contributed by atoms with Crippen molar-refractivity contribution in [3.63, 3.8) is 0 Å². The summed E-state index contributed by atoms with van der Waals surface area (Å²) in [5.74, 6) is 3.33. The Labute approximate surface area is 354 Å². The van der Waals surface area contributed by atoms with Crippen molar-refractivity contribution in [2.75, 3.05) is 0 Å². The number of hydrogen-bond acceptors (Lipinski definition) is 6. The van der Waals surface area contributed by atoms with E-state index in [1.165, 1.54) is 5.56 Å². The second kappa shape index (κ2) is 15.2. The van der Waals surface area contributed by atoms with Gasteiger partial charge in [0, 0.05) is 33.4 Å². The van der Waals surface area contributed by atoms with Crippen LogP contribution in [-0.4, -0.2) is 29.9 Å². The van der Waals surface area contributed by atoms with Crippen LogP contribution in [0.2, 0.25) is 0 Å². The number of hydrogen-bond donors (Lipinski definition) is 0. The summed E-state index contributed by atoms with van der Waals surface area (Å²) in [7, 11) is 0. The maximum absolute atomic E-state index is 5.40. The molecule has 0 radical (unpaired) electrons. The standard InChI is InChI=1S/C55H36N6/c1-7-21-37(22-8-1)49-56-50(38-23-9-2-10-24-38)59-53(58-49)44-35-36-46-47(43-33-19-20-34-45(43)55(46,41-29-15-5-16-30-41)42-31-17-6-18-32-42)48(44)54-60-51(39-25-11-3-12-26-39)57-52(61-54)40-27-13-4-14-28-40/h1-36H. The van der Waals surface area contributed by atoms with E-state index in [1.807, 2.05) is 121 Å². The average Bonchev–Trinajstić information content (AvgIpc) is 3.66. The molecule has 11 rings (SSSR count). The quantitative estimate of drug-likeness (QED) is 0.153. The van der Waals surface area contributed by atoms with Crippen molar-refractivity contribution in [3.8, 4) is 79.5 Å². The highest BCUT2D eigenvalue weighted by Crippen LogP contribution is 2.59. The van der Waals surface area contributed by atoms with Crippen molar-refractivity contribution in [1.82, 2.24) is 29.9 Å². The fourth-order valence-electron chi connectivity index (χ4n) is 8.80. The lowest BCUT2D eigenvalue weighted by Crippen LogP contribution is -2.28. The Morgan fingerprint density at radius 1 is 0.230 bits per heavy atom. The van der Waals surface area contributed by atoms with Crippen LogP contribution in [-0.2, 0) is 5.41 Å². The molecule has 286 valence electrons. The van der Waals surface area contributed by atoms with Gasteiger partial charge in [0.05, 0.1) is 5.41 Å². The van der Waals surface area contributed by atoms with E-state index >= 15 is 0 Å². The van der Waals surface area contributed by atoms with Crippen molar-refractivity contribution < 1.29 is 0 Å². The summed E-state index contributed by atoms with van der Waals surface area (Å²) in [6.07, 6.45) is 0. The fourth-order valence-corrected chi connectivity index (χ4v) is 8.80. The molecule has 0 atom stereocenters. The summed E-state index contributed by atoms with van der Waals surface area (Å²) >= 11 is 0. The monoisotopic (exact) mass is 780 g/mol.